The van der Waals surface area contributed by atoms with E-state index in [2.05, 4.69) is 10.3 Å². The van der Waals surface area contributed by atoms with Crippen molar-refractivity contribution in [3.05, 3.63) is 42.5 Å². The van der Waals surface area contributed by atoms with Crippen molar-refractivity contribution in [2.24, 2.45) is 0 Å². The van der Waals surface area contributed by atoms with Gasteiger partial charge >= 0.3 is 0 Å². The molecule has 0 radical (unpaired) electrons. The molecular weight excluding hydrogens is 296 g/mol. The van der Waals surface area contributed by atoms with Crippen molar-refractivity contribution in [2.45, 2.75) is 6.42 Å². The number of carbonyl (C=O) groups excluding carboxylic acids is 1. The summed E-state index contributed by atoms with van der Waals surface area (Å²) < 4.78 is 1.02. The van der Waals surface area contributed by atoms with Crippen molar-refractivity contribution in [1.82, 2.24) is 4.98 Å². The van der Waals surface area contributed by atoms with Crippen LogP contribution in [0.1, 0.15) is 6.42 Å². The number of nitrogen functional groups attached to an aromatic ring is 1. The lowest BCUT2D eigenvalue weighted by Gasteiger charge is -2.04. The molecule has 0 aliphatic heterocycles. The Hall–Kier alpha value is -2.91. The normalized spacial score (nSPS) is 10.3. The van der Waals surface area contributed by atoms with Gasteiger partial charge in [-0.05, 0) is 30.3 Å². The van der Waals surface area contributed by atoms with Crippen molar-refractivity contribution in [1.29, 1.82) is 5.26 Å². The van der Waals surface area contributed by atoms with Crippen LogP contribution in [-0.4, -0.2) is 10.9 Å². The smallest absolute Gasteiger partial charge is 0.238 e. The fourth-order valence-electron chi connectivity index (χ4n) is 2.07. The zero-order chi connectivity index (χ0) is 15.5. The fraction of sp³-hybridized carbons (Fsp3) is 0.0625. The number of carbonyl (C=O) groups is 1. The molecule has 0 bridgehead atoms. The Labute approximate surface area is 131 Å². The van der Waals surface area contributed by atoms with Crippen molar-refractivity contribution >= 4 is 38.8 Å². The number of nitrogens with zero attached hydrogens (tertiary/aromatic N) is 2. The van der Waals surface area contributed by atoms with Gasteiger partial charge in [0.25, 0.3) is 0 Å². The van der Waals surface area contributed by atoms with Crippen molar-refractivity contribution in [2.75, 3.05) is 11.1 Å². The number of amides is 1. The van der Waals surface area contributed by atoms with Crippen molar-refractivity contribution in [3.8, 4) is 16.6 Å². The standard InChI is InChI=1S/C16H12N4OS/c17-7-6-15(21)19-12-3-1-2-10(8-12)16-20-13-5-4-11(18)9-14(13)22-16/h1-5,8-9H,6,18H2,(H,19,21). The molecule has 3 aromatic rings. The van der Waals surface area contributed by atoms with E-state index in [4.69, 9.17) is 11.0 Å². The zero-order valence-electron chi connectivity index (χ0n) is 11.5. The SMILES string of the molecule is N#CCC(=O)Nc1cccc(-c2nc3ccc(N)cc3s2)c1. The van der Waals surface area contributed by atoms with E-state index in [0.29, 0.717) is 11.4 Å². The highest BCUT2D eigenvalue weighted by Crippen LogP contribution is 2.32. The molecule has 6 heteroatoms. The third-order valence-corrected chi connectivity index (χ3v) is 4.11. The molecule has 1 heterocycles. The molecule has 5 nitrogen and oxygen atoms in total. The summed E-state index contributed by atoms with van der Waals surface area (Å²) in [7, 11) is 0. The van der Waals surface area contributed by atoms with Gasteiger partial charge in [-0.1, -0.05) is 12.1 Å². The van der Waals surface area contributed by atoms with Crippen LogP contribution in [0.25, 0.3) is 20.8 Å². The molecular formula is C16H12N4OS. The highest BCUT2D eigenvalue weighted by molar-refractivity contribution is 7.21. The summed E-state index contributed by atoms with van der Waals surface area (Å²) in [5, 5.41) is 12.1. The van der Waals surface area contributed by atoms with Crippen LogP contribution < -0.4 is 11.1 Å². The number of fused-ring (bicyclic) bond motifs is 1. The van der Waals surface area contributed by atoms with Crippen molar-refractivity contribution < 1.29 is 4.79 Å². The number of nitrogens with two attached hydrogens (primary N) is 1. The molecule has 3 rings (SSSR count). The Balaban J connectivity index is 1.93. The van der Waals surface area contributed by atoms with Crippen LogP contribution in [0.4, 0.5) is 11.4 Å². The molecule has 3 N–H and O–H groups in total. The maximum atomic E-state index is 11.5. The highest BCUT2D eigenvalue weighted by Gasteiger charge is 2.08. The van der Waals surface area contributed by atoms with E-state index in [9.17, 15) is 4.79 Å². The van der Waals surface area contributed by atoms with Crippen LogP contribution in [0.3, 0.4) is 0 Å². The van der Waals surface area contributed by atoms with Crippen molar-refractivity contribution in [3.63, 3.8) is 0 Å². The second kappa shape index (κ2) is 5.84. The zero-order valence-corrected chi connectivity index (χ0v) is 12.4. The molecule has 108 valence electrons. The first-order chi connectivity index (χ1) is 10.7. The molecule has 0 saturated heterocycles. The summed E-state index contributed by atoms with van der Waals surface area (Å²) in [5.41, 5.74) is 8.95. The lowest BCUT2D eigenvalue weighted by atomic mass is 10.2. The van der Waals surface area contributed by atoms with Crippen LogP contribution in [0, 0.1) is 11.3 Å². The fourth-order valence-corrected chi connectivity index (χ4v) is 3.08. The summed E-state index contributed by atoms with van der Waals surface area (Å²) in [4.78, 5) is 16.1. The number of hydrogen-bond donors (Lipinski definition) is 2. The van der Waals surface area contributed by atoms with E-state index >= 15 is 0 Å². The first kappa shape index (κ1) is 14.0. The number of benzene rings is 2. The molecule has 2 aromatic carbocycles. The second-order valence-electron chi connectivity index (χ2n) is 4.71. The predicted octanol–water partition coefficient (Wildman–Crippen LogP) is 3.40. The van der Waals surface area contributed by atoms with Crippen LogP contribution >= 0.6 is 11.3 Å². The summed E-state index contributed by atoms with van der Waals surface area (Å²) >= 11 is 1.55. The molecule has 0 unspecified atom stereocenters. The average Bonchev–Trinajstić information content (AvgIpc) is 2.90. The summed E-state index contributed by atoms with van der Waals surface area (Å²) in [5.74, 6) is -0.322. The lowest BCUT2D eigenvalue weighted by molar-refractivity contribution is -0.115. The number of nitriles is 1. The van der Waals surface area contributed by atoms with Crippen LogP contribution in [-0.2, 0) is 4.79 Å². The predicted molar refractivity (Wildman–Crippen MR) is 88.3 cm³/mol. The van der Waals surface area contributed by atoms with Crippen LogP contribution in [0.2, 0.25) is 0 Å². The molecule has 0 spiro atoms. The van der Waals surface area contributed by atoms with Gasteiger partial charge in [-0.2, -0.15) is 5.26 Å². The van der Waals surface area contributed by atoms with Gasteiger partial charge in [0.1, 0.15) is 11.4 Å². The minimum atomic E-state index is -0.322. The summed E-state index contributed by atoms with van der Waals surface area (Å²) in [6.07, 6.45) is -0.162. The van der Waals surface area contributed by atoms with Crippen LogP contribution in [0.15, 0.2) is 42.5 Å². The van der Waals surface area contributed by atoms with E-state index in [1.807, 2.05) is 42.5 Å². The molecule has 0 aliphatic rings. The molecule has 0 fully saturated rings. The number of thiazole rings is 1. The lowest BCUT2D eigenvalue weighted by Crippen LogP contribution is -2.09. The minimum absolute atomic E-state index is 0.162. The molecule has 1 aromatic heterocycles. The maximum Gasteiger partial charge on any atom is 0.238 e. The van der Waals surface area contributed by atoms with Gasteiger partial charge in [-0.3, -0.25) is 4.79 Å². The molecule has 0 atom stereocenters. The quantitative estimate of drug-likeness (QED) is 0.725. The van der Waals surface area contributed by atoms with Gasteiger partial charge in [0.05, 0.1) is 16.3 Å². The number of rotatable bonds is 3. The Morgan fingerprint density at radius 2 is 2.18 bits per heavy atom. The molecule has 1 amide bonds. The molecule has 0 aliphatic carbocycles. The number of anilines is 2. The third kappa shape index (κ3) is 2.90. The first-order valence-electron chi connectivity index (χ1n) is 6.59. The Bertz CT molecular complexity index is 895. The summed E-state index contributed by atoms with van der Waals surface area (Å²) in [6, 6.07) is 14.8. The monoisotopic (exact) mass is 308 g/mol. The molecule has 0 saturated carbocycles. The number of nitrogens with one attached hydrogen (secondary N) is 1. The maximum absolute atomic E-state index is 11.5. The van der Waals surface area contributed by atoms with Gasteiger partial charge in [0, 0.05) is 16.9 Å². The summed E-state index contributed by atoms with van der Waals surface area (Å²) in [6.45, 7) is 0. The second-order valence-corrected chi connectivity index (χ2v) is 5.74. The van der Waals surface area contributed by atoms with E-state index in [0.717, 1.165) is 20.8 Å². The third-order valence-electron chi connectivity index (χ3n) is 3.05. The minimum Gasteiger partial charge on any atom is -0.399 e. The van der Waals surface area contributed by atoms with E-state index in [1.54, 1.807) is 17.4 Å². The van der Waals surface area contributed by atoms with E-state index < -0.39 is 0 Å². The average molecular weight is 308 g/mol. The topological polar surface area (TPSA) is 91.8 Å². The molecule has 22 heavy (non-hydrogen) atoms. The van der Waals surface area contributed by atoms with E-state index in [-0.39, 0.29) is 12.3 Å². The van der Waals surface area contributed by atoms with Crippen LogP contribution in [0.5, 0.6) is 0 Å². The van der Waals surface area contributed by atoms with Gasteiger partial charge < -0.3 is 11.1 Å². The Morgan fingerprint density at radius 1 is 1.32 bits per heavy atom. The van der Waals surface area contributed by atoms with Gasteiger partial charge in [-0.25, -0.2) is 4.98 Å². The largest absolute Gasteiger partial charge is 0.399 e. The number of aromatic nitrogens is 1. The number of hydrogen-bond acceptors (Lipinski definition) is 5. The van der Waals surface area contributed by atoms with Gasteiger partial charge in [0.15, 0.2) is 0 Å². The van der Waals surface area contributed by atoms with E-state index in [1.165, 1.54) is 0 Å². The highest BCUT2D eigenvalue weighted by atomic mass is 32.1. The Kier molecular flexibility index (Phi) is 3.73. The first-order valence-corrected chi connectivity index (χ1v) is 7.40. The van der Waals surface area contributed by atoms with Gasteiger partial charge in [0.2, 0.25) is 5.91 Å². The van der Waals surface area contributed by atoms with Gasteiger partial charge in [-0.15, -0.1) is 11.3 Å². The Morgan fingerprint density at radius 3 is 3.00 bits per heavy atom.